The van der Waals surface area contributed by atoms with Crippen LogP contribution < -0.4 is 4.74 Å². The highest BCUT2D eigenvalue weighted by Crippen LogP contribution is 2.42. The van der Waals surface area contributed by atoms with Crippen molar-refractivity contribution in [3.05, 3.63) is 64.2 Å². The molecule has 0 saturated heterocycles. The van der Waals surface area contributed by atoms with E-state index in [2.05, 4.69) is 6.92 Å². The maximum absolute atomic E-state index is 15.2. The lowest BCUT2D eigenvalue weighted by Crippen LogP contribution is -2.25. The Morgan fingerprint density at radius 3 is 1.89 bits per heavy atom. The third kappa shape index (κ3) is 6.53. The number of aliphatic hydroxyl groups is 1. The molecule has 0 bridgehead atoms. The highest BCUT2D eigenvalue weighted by atomic mass is 19.2. The molecule has 1 N–H and O–H groups in total. The number of benzene rings is 2. The van der Waals surface area contributed by atoms with E-state index >= 15 is 8.78 Å². The molecule has 0 spiro atoms. The molecule has 7 heteroatoms. The third-order valence-corrected chi connectivity index (χ3v) is 8.50. The first kappa shape index (κ1) is 28.9. The van der Waals surface area contributed by atoms with Gasteiger partial charge >= 0.3 is 0 Å². The topological polar surface area (TPSA) is 38.7 Å². The molecular weight excluding hydrogens is 496 g/mol. The summed E-state index contributed by atoms with van der Waals surface area (Å²) in [5, 5.41) is 10.3. The second-order valence-corrected chi connectivity index (χ2v) is 10.9. The lowest BCUT2D eigenvalue weighted by atomic mass is 9.75. The quantitative estimate of drug-likeness (QED) is 0.310. The number of halogens is 4. The molecule has 1 atom stereocenters. The minimum atomic E-state index is -1.01. The Labute approximate surface area is 223 Å². The van der Waals surface area contributed by atoms with Crippen molar-refractivity contribution >= 4 is 0 Å². The summed E-state index contributed by atoms with van der Waals surface area (Å²) >= 11 is 0. The summed E-state index contributed by atoms with van der Waals surface area (Å²) in [5.41, 5.74) is 0.999. The number of aliphatic hydroxyl groups excluding tert-OH is 1. The molecule has 0 radical (unpaired) electrons. The molecule has 2 aliphatic carbocycles. The van der Waals surface area contributed by atoms with E-state index < -0.39 is 23.3 Å². The van der Waals surface area contributed by atoms with Gasteiger partial charge in [0.25, 0.3) is 0 Å². The van der Waals surface area contributed by atoms with Gasteiger partial charge < -0.3 is 14.6 Å². The van der Waals surface area contributed by atoms with Crippen molar-refractivity contribution in [1.82, 2.24) is 0 Å². The Balaban J connectivity index is 1.31. The van der Waals surface area contributed by atoms with Crippen molar-refractivity contribution in [2.24, 2.45) is 5.92 Å². The van der Waals surface area contributed by atoms with Crippen LogP contribution in [0.25, 0.3) is 0 Å². The monoisotopic (exact) mass is 536 g/mol. The minimum absolute atomic E-state index is 0.0133. The maximum atomic E-state index is 15.2. The van der Waals surface area contributed by atoms with Gasteiger partial charge in [-0.05, 0) is 106 Å². The van der Waals surface area contributed by atoms with Gasteiger partial charge in [0, 0.05) is 5.56 Å². The van der Waals surface area contributed by atoms with Crippen LogP contribution in [0.4, 0.5) is 17.6 Å². The molecule has 0 heterocycles. The number of rotatable bonds is 10. The summed E-state index contributed by atoms with van der Waals surface area (Å²) in [7, 11) is 0. The predicted octanol–water partition coefficient (Wildman–Crippen LogP) is 8.32. The molecule has 4 rings (SSSR count). The van der Waals surface area contributed by atoms with Gasteiger partial charge in [-0.15, -0.1) is 0 Å². The first-order chi connectivity index (χ1) is 18.3. The van der Waals surface area contributed by atoms with Crippen LogP contribution in [-0.4, -0.2) is 23.9 Å². The van der Waals surface area contributed by atoms with Gasteiger partial charge in [0.1, 0.15) is 0 Å². The molecule has 2 aliphatic rings. The van der Waals surface area contributed by atoms with Crippen LogP contribution >= 0.6 is 0 Å². The molecule has 0 aromatic heterocycles. The molecule has 1 unspecified atom stereocenters. The molecule has 0 amide bonds. The molecule has 2 fully saturated rings. The van der Waals surface area contributed by atoms with E-state index in [1.165, 1.54) is 12.1 Å². The second-order valence-electron chi connectivity index (χ2n) is 10.9. The van der Waals surface area contributed by atoms with Gasteiger partial charge in [-0.25, -0.2) is 13.2 Å². The Morgan fingerprint density at radius 2 is 1.34 bits per heavy atom. The molecule has 0 aliphatic heterocycles. The number of hydrogen-bond donors (Lipinski definition) is 1. The Hall–Kier alpha value is -2.12. The predicted molar refractivity (Wildman–Crippen MR) is 139 cm³/mol. The average Bonchev–Trinajstić information content (AvgIpc) is 2.93. The van der Waals surface area contributed by atoms with Crippen molar-refractivity contribution in [2.75, 3.05) is 6.61 Å². The lowest BCUT2D eigenvalue weighted by molar-refractivity contribution is 0.0116. The molecule has 2 aromatic carbocycles. The average molecular weight is 537 g/mol. The van der Waals surface area contributed by atoms with E-state index in [1.54, 1.807) is 19.1 Å². The first-order valence-corrected chi connectivity index (χ1v) is 14.2. The van der Waals surface area contributed by atoms with Crippen LogP contribution in [0.2, 0.25) is 0 Å². The normalized spacial score (nSPS) is 24.8. The fraction of sp³-hybridized carbons (Fsp3) is 0.613. The van der Waals surface area contributed by atoms with E-state index in [1.807, 2.05) is 0 Å². The zero-order valence-electron chi connectivity index (χ0n) is 22.5. The van der Waals surface area contributed by atoms with Gasteiger partial charge in [-0.1, -0.05) is 25.5 Å². The van der Waals surface area contributed by atoms with Gasteiger partial charge in [0.15, 0.2) is 23.2 Å². The third-order valence-electron chi connectivity index (χ3n) is 8.50. The van der Waals surface area contributed by atoms with Gasteiger partial charge in [-0.3, -0.25) is 0 Å². The minimum Gasteiger partial charge on any atom is -0.491 e. The molecule has 2 aromatic rings. The largest absolute Gasteiger partial charge is 0.491 e. The standard InChI is InChI=1S/C31H40F4O3/c1-3-5-26(36)21-8-6-19(7-9-21)24-15-16-25(30(34)29(24)33)20-10-13-23(14-11-20)38-18-22-12-17-27(37-4-2)31(35)28(22)32/h12,15-17,19-21,23,26,36H,3-11,13-14,18H2,1-2H3. The Bertz CT molecular complexity index is 1060. The van der Waals surface area contributed by atoms with Crippen LogP contribution in [0.3, 0.4) is 0 Å². The van der Waals surface area contributed by atoms with Crippen LogP contribution in [-0.2, 0) is 11.3 Å². The van der Waals surface area contributed by atoms with Gasteiger partial charge in [0.2, 0.25) is 5.82 Å². The van der Waals surface area contributed by atoms with Crippen molar-refractivity contribution in [3.63, 3.8) is 0 Å². The molecule has 38 heavy (non-hydrogen) atoms. The van der Waals surface area contributed by atoms with Crippen molar-refractivity contribution in [2.45, 2.75) is 109 Å². The number of hydrogen-bond acceptors (Lipinski definition) is 3. The molecule has 210 valence electrons. The maximum Gasteiger partial charge on any atom is 0.200 e. The van der Waals surface area contributed by atoms with E-state index in [9.17, 15) is 13.9 Å². The highest BCUT2D eigenvalue weighted by molar-refractivity contribution is 5.32. The smallest absolute Gasteiger partial charge is 0.200 e. The summed E-state index contributed by atoms with van der Waals surface area (Å²) in [6, 6.07) is 6.37. The van der Waals surface area contributed by atoms with E-state index in [-0.39, 0.29) is 54.5 Å². The molecule has 3 nitrogen and oxygen atoms in total. The van der Waals surface area contributed by atoms with Crippen LogP contribution in [0, 0.1) is 29.2 Å². The first-order valence-electron chi connectivity index (χ1n) is 14.2. The van der Waals surface area contributed by atoms with E-state index in [0.29, 0.717) is 36.8 Å². The summed E-state index contributed by atoms with van der Waals surface area (Å²) < 4.78 is 69.8. The molecule has 2 saturated carbocycles. The fourth-order valence-corrected chi connectivity index (χ4v) is 6.25. The van der Waals surface area contributed by atoms with Crippen molar-refractivity contribution in [3.8, 4) is 5.75 Å². The van der Waals surface area contributed by atoms with Crippen LogP contribution in [0.15, 0.2) is 24.3 Å². The lowest BCUT2D eigenvalue weighted by Gasteiger charge is -2.32. The van der Waals surface area contributed by atoms with Gasteiger partial charge in [0.05, 0.1) is 25.4 Å². The Kier molecular flexibility index (Phi) is 10.1. The van der Waals surface area contributed by atoms with Crippen molar-refractivity contribution in [1.29, 1.82) is 0 Å². The Morgan fingerprint density at radius 1 is 0.763 bits per heavy atom. The zero-order chi connectivity index (χ0) is 27.2. The van der Waals surface area contributed by atoms with Crippen LogP contribution in [0.1, 0.15) is 107 Å². The summed E-state index contributed by atoms with van der Waals surface area (Å²) in [6.07, 6.45) is 7.05. The zero-order valence-corrected chi connectivity index (χ0v) is 22.5. The fourth-order valence-electron chi connectivity index (χ4n) is 6.25. The molecular formula is C31H40F4O3. The van der Waals surface area contributed by atoms with Crippen molar-refractivity contribution < 1.29 is 32.1 Å². The summed E-state index contributed by atoms with van der Waals surface area (Å²) in [5.74, 6) is -3.43. The summed E-state index contributed by atoms with van der Waals surface area (Å²) in [4.78, 5) is 0. The van der Waals surface area contributed by atoms with Gasteiger partial charge in [-0.2, -0.15) is 4.39 Å². The summed E-state index contributed by atoms with van der Waals surface area (Å²) in [6.45, 7) is 3.95. The second kappa shape index (κ2) is 13.3. The van der Waals surface area contributed by atoms with Crippen LogP contribution in [0.5, 0.6) is 5.75 Å². The SMILES string of the molecule is CCCC(O)C1CCC(c2ccc(C3CCC(OCc4ccc(OCC)c(F)c4F)CC3)c(F)c2F)CC1. The highest BCUT2D eigenvalue weighted by Gasteiger charge is 2.31. The number of ether oxygens (including phenoxy) is 2. The van der Waals surface area contributed by atoms with E-state index in [0.717, 1.165) is 38.5 Å². The van der Waals surface area contributed by atoms with E-state index in [4.69, 9.17) is 9.47 Å².